The highest BCUT2D eigenvalue weighted by molar-refractivity contribution is 5.97. The first-order chi connectivity index (χ1) is 9.20. The second-order valence-electron chi connectivity index (χ2n) is 4.48. The van der Waals surface area contributed by atoms with Crippen molar-refractivity contribution in [2.24, 2.45) is 5.73 Å². The van der Waals surface area contributed by atoms with E-state index in [-0.39, 0.29) is 5.56 Å². The second-order valence-corrected chi connectivity index (χ2v) is 4.48. The number of rotatable bonds is 2. The molecule has 0 saturated heterocycles. The third-order valence-corrected chi connectivity index (χ3v) is 2.85. The highest BCUT2D eigenvalue weighted by Gasteiger charge is 2.34. The van der Waals surface area contributed by atoms with Crippen LogP contribution in [0.15, 0.2) is 24.3 Å². The number of aryl methyl sites for hydroxylation is 2. The molecule has 0 aliphatic heterocycles. The predicted molar refractivity (Wildman–Crippen MR) is 69.1 cm³/mol. The standard InChI is InChI=1S/C13H13F3N4/c1-7-5-8(2)20(19-7)9-3-4-11(13(14,15)16)10(6-9)12(17)18/h3-6H,1-2H3,(H3,17,18). The summed E-state index contributed by atoms with van der Waals surface area (Å²) >= 11 is 0. The Labute approximate surface area is 113 Å². The number of nitrogens with one attached hydrogen (secondary N) is 1. The van der Waals surface area contributed by atoms with E-state index in [1.807, 2.05) is 6.07 Å². The lowest BCUT2D eigenvalue weighted by atomic mass is 10.1. The van der Waals surface area contributed by atoms with Crippen molar-refractivity contribution in [3.05, 3.63) is 46.8 Å². The number of nitrogens with two attached hydrogens (primary N) is 1. The van der Waals surface area contributed by atoms with Crippen LogP contribution < -0.4 is 5.73 Å². The first-order valence-electron chi connectivity index (χ1n) is 5.79. The van der Waals surface area contributed by atoms with Crippen LogP contribution in [0.2, 0.25) is 0 Å². The average molecular weight is 282 g/mol. The molecule has 0 spiro atoms. The van der Waals surface area contributed by atoms with Gasteiger partial charge in [0.15, 0.2) is 0 Å². The number of nitrogen functional groups attached to an aromatic ring is 1. The average Bonchev–Trinajstić information content (AvgIpc) is 2.66. The lowest BCUT2D eigenvalue weighted by molar-refractivity contribution is -0.137. The fraction of sp³-hybridized carbons (Fsp3) is 0.231. The van der Waals surface area contributed by atoms with Gasteiger partial charge in [-0.15, -0.1) is 0 Å². The molecule has 106 valence electrons. The van der Waals surface area contributed by atoms with Gasteiger partial charge in [-0.1, -0.05) is 0 Å². The Morgan fingerprint density at radius 3 is 2.35 bits per heavy atom. The van der Waals surface area contributed by atoms with Crippen LogP contribution in [0.3, 0.4) is 0 Å². The van der Waals surface area contributed by atoms with Crippen LogP contribution in [0.25, 0.3) is 5.69 Å². The number of hydrogen-bond donors (Lipinski definition) is 2. The van der Waals surface area contributed by atoms with E-state index in [0.29, 0.717) is 5.69 Å². The molecule has 0 atom stereocenters. The first kappa shape index (κ1) is 14.1. The first-order valence-corrected chi connectivity index (χ1v) is 5.79. The Balaban J connectivity index is 2.62. The van der Waals surface area contributed by atoms with Gasteiger partial charge >= 0.3 is 6.18 Å². The topological polar surface area (TPSA) is 67.7 Å². The van der Waals surface area contributed by atoms with E-state index in [9.17, 15) is 13.2 Å². The minimum atomic E-state index is -4.55. The summed E-state index contributed by atoms with van der Waals surface area (Å²) in [6, 6.07) is 5.27. The maximum Gasteiger partial charge on any atom is 0.417 e. The summed E-state index contributed by atoms with van der Waals surface area (Å²) in [5.74, 6) is -0.624. The summed E-state index contributed by atoms with van der Waals surface area (Å²) in [5, 5.41) is 11.5. The normalized spacial score (nSPS) is 11.7. The SMILES string of the molecule is Cc1cc(C)n(-c2ccc(C(F)(F)F)c(C(=N)N)c2)n1. The highest BCUT2D eigenvalue weighted by atomic mass is 19.4. The van der Waals surface area contributed by atoms with Crippen molar-refractivity contribution in [3.63, 3.8) is 0 Å². The zero-order valence-corrected chi connectivity index (χ0v) is 10.9. The molecule has 1 aromatic heterocycles. The molecule has 7 heteroatoms. The van der Waals surface area contributed by atoms with E-state index in [2.05, 4.69) is 5.10 Å². The van der Waals surface area contributed by atoms with E-state index in [4.69, 9.17) is 11.1 Å². The molecule has 0 bridgehead atoms. The molecule has 0 saturated carbocycles. The molecule has 0 aliphatic carbocycles. The van der Waals surface area contributed by atoms with Crippen LogP contribution in [0.4, 0.5) is 13.2 Å². The van der Waals surface area contributed by atoms with Gasteiger partial charge in [0.2, 0.25) is 0 Å². The van der Waals surface area contributed by atoms with Crippen LogP contribution in [-0.2, 0) is 6.18 Å². The van der Waals surface area contributed by atoms with E-state index >= 15 is 0 Å². The zero-order chi connectivity index (χ0) is 15.1. The summed E-state index contributed by atoms with van der Waals surface area (Å²) in [4.78, 5) is 0. The highest BCUT2D eigenvalue weighted by Crippen LogP contribution is 2.33. The maximum absolute atomic E-state index is 12.9. The number of halogens is 3. The molecule has 0 amide bonds. The third-order valence-electron chi connectivity index (χ3n) is 2.85. The van der Waals surface area contributed by atoms with Crippen LogP contribution in [0, 0.1) is 19.3 Å². The fourth-order valence-electron chi connectivity index (χ4n) is 2.02. The van der Waals surface area contributed by atoms with Crippen molar-refractivity contribution >= 4 is 5.84 Å². The molecule has 0 unspecified atom stereocenters. The van der Waals surface area contributed by atoms with Crippen molar-refractivity contribution < 1.29 is 13.2 Å². The molecule has 4 nitrogen and oxygen atoms in total. The van der Waals surface area contributed by atoms with Gasteiger partial charge in [0.1, 0.15) is 5.84 Å². The number of benzene rings is 1. The van der Waals surface area contributed by atoms with Crippen molar-refractivity contribution in [2.75, 3.05) is 0 Å². The monoisotopic (exact) mass is 282 g/mol. The Hall–Kier alpha value is -2.31. The van der Waals surface area contributed by atoms with Gasteiger partial charge in [-0.2, -0.15) is 18.3 Å². The minimum Gasteiger partial charge on any atom is -0.384 e. The van der Waals surface area contributed by atoms with E-state index < -0.39 is 17.6 Å². The second kappa shape index (κ2) is 4.66. The fourth-order valence-corrected chi connectivity index (χ4v) is 2.02. The molecule has 1 aromatic carbocycles. The summed E-state index contributed by atoms with van der Waals surface area (Å²) in [6.07, 6.45) is -4.55. The Morgan fingerprint density at radius 1 is 1.25 bits per heavy atom. The third kappa shape index (κ3) is 2.52. The molecule has 0 radical (unpaired) electrons. The molecule has 0 aliphatic rings. The Bertz CT molecular complexity index is 671. The Kier molecular flexibility index (Phi) is 3.29. The molecule has 2 aromatic rings. The number of nitrogens with zero attached hydrogens (tertiary/aromatic N) is 2. The van der Waals surface area contributed by atoms with Crippen LogP contribution in [0.5, 0.6) is 0 Å². The summed E-state index contributed by atoms with van der Waals surface area (Å²) in [7, 11) is 0. The van der Waals surface area contributed by atoms with Gasteiger partial charge in [0.25, 0.3) is 0 Å². The lowest BCUT2D eigenvalue weighted by Crippen LogP contribution is -2.19. The van der Waals surface area contributed by atoms with Gasteiger partial charge in [0, 0.05) is 11.3 Å². The number of alkyl halides is 3. The van der Waals surface area contributed by atoms with Gasteiger partial charge in [-0.3, -0.25) is 5.41 Å². The molecule has 20 heavy (non-hydrogen) atoms. The smallest absolute Gasteiger partial charge is 0.384 e. The van der Waals surface area contributed by atoms with Crippen molar-refractivity contribution in [1.29, 1.82) is 5.41 Å². The zero-order valence-electron chi connectivity index (χ0n) is 10.9. The van der Waals surface area contributed by atoms with E-state index in [1.54, 1.807) is 13.8 Å². The predicted octanol–water partition coefficient (Wildman–Crippen LogP) is 2.79. The van der Waals surface area contributed by atoms with Gasteiger partial charge < -0.3 is 5.73 Å². The lowest BCUT2D eigenvalue weighted by Gasteiger charge is -2.14. The van der Waals surface area contributed by atoms with Crippen molar-refractivity contribution in [3.8, 4) is 5.69 Å². The summed E-state index contributed by atoms with van der Waals surface area (Å²) in [5.41, 5.74) is 5.97. The molecule has 3 N–H and O–H groups in total. The molecular weight excluding hydrogens is 269 g/mol. The Morgan fingerprint density at radius 2 is 1.90 bits per heavy atom. The van der Waals surface area contributed by atoms with Crippen LogP contribution in [0.1, 0.15) is 22.5 Å². The number of amidine groups is 1. The largest absolute Gasteiger partial charge is 0.417 e. The van der Waals surface area contributed by atoms with Gasteiger partial charge in [-0.25, -0.2) is 4.68 Å². The minimum absolute atomic E-state index is 0.345. The molecular formula is C13H13F3N4. The summed E-state index contributed by atoms with van der Waals surface area (Å²) in [6.45, 7) is 3.59. The number of aromatic nitrogens is 2. The van der Waals surface area contributed by atoms with E-state index in [1.165, 1.54) is 16.8 Å². The van der Waals surface area contributed by atoms with Crippen LogP contribution in [-0.4, -0.2) is 15.6 Å². The molecule has 2 rings (SSSR count). The van der Waals surface area contributed by atoms with Gasteiger partial charge in [-0.05, 0) is 38.1 Å². The van der Waals surface area contributed by atoms with Crippen molar-refractivity contribution in [2.45, 2.75) is 20.0 Å². The van der Waals surface area contributed by atoms with Crippen LogP contribution >= 0.6 is 0 Å². The molecule has 1 heterocycles. The molecule has 0 fully saturated rings. The maximum atomic E-state index is 12.9. The van der Waals surface area contributed by atoms with Gasteiger partial charge in [0.05, 0.1) is 16.9 Å². The van der Waals surface area contributed by atoms with Crippen molar-refractivity contribution in [1.82, 2.24) is 9.78 Å². The number of hydrogen-bond acceptors (Lipinski definition) is 2. The summed E-state index contributed by atoms with van der Waals surface area (Å²) < 4.78 is 40.1. The quantitative estimate of drug-likeness (QED) is 0.657. The van der Waals surface area contributed by atoms with E-state index in [0.717, 1.165) is 17.5 Å².